The summed E-state index contributed by atoms with van der Waals surface area (Å²) < 4.78 is 13.1. The first-order chi connectivity index (χ1) is 20.2. The minimum absolute atomic E-state index is 0.283. The van der Waals surface area contributed by atoms with Gasteiger partial charge < -0.3 is 24.8 Å². The van der Waals surface area contributed by atoms with Crippen LogP contribution in [0.3, 0.4) is 0 Å². The number of likely N-dealkylation sites (tertiary alicyclic amines) is 1. The lowest BCUT2D eigenvalue weighted by atomic mass is 9.77. The van der Waals surface area contributed by atoms with Crippen LogP contribution in [0.1, 0.15) is 72.4 Å². The summed E-state index contributed by atoms with van der Waals surface area (Å²) in [4.78, 5) is 29.1. The van der Waals surface area contributed by atoms with Crippen LogP contribution in [0.2, 0.25) is 0 Å². The standard InChI is InChI=1S/C32H42N6O5/c1-9-42-22-14-12-21(13-15-22)37(30(41)43-32(6,7)8)28-20(2)26(23(19-33)25-16-17-34-38(25)28)35-24-11-10-18-36(29(39)40)27(24)31(3,4)5/h12-17,24,27,35H,9-11,18H2,1-8H3,(H,39,40)/t24-,27?/m0/s1. The molecule has 0 spiro atoms. The van der Waals surface area contributed by atoms with Gasteiger partial charge in [0.2, 0.25) is 0 Å². The van der Waals surface area contributed by atoms with Crippen molar-refractivity contribution in [2.45, 2.75) is 85.9 Å². The molecule has 2 aromatic heterocycles. The van der Waals surface area contributed by atoms with Crippen molar-refractivity contribution < 1.29 is 24.2 Å². The van der Waals surface area contributed by atoms with E-state index >= 15 is 0 Å². The van der Waals surface area contributed by atoms with Crippen LogP contribution in [-0.4, -0.2) is 62.6 Å². The van der Waals surface area contributed by atoms with Crippen molar-refractivity contribution in [2.24, 2.45) is 5.41 Å². The number of carbonyl (C=O) groups is 2. The minimum atomic E-state index is -0.970. The number of pyridine rings is 1. The third-order valence-corrected chi connectivity index (χ3v) is 7.46. The zero-order valence-corrected chi connectivity index (χ0v) is 26.3. The number of nitrogens with one attached hydrogen (secondary N) is 1. The van der Waals surface area contributed by atoms with Gasteiger partial charge >= 0.3 is 12.2 Å². The van der Waals surface area contributed by atoms with Crippen LogP contribution in [-0.2, 0) is 4.74 Å². The quantitative estimate of drug-likeness (QED) is 0.315. The second-order valence-corrected chi connectivity index (χ2v) is 12.9. The number of benzene rings is 1. The molecule has 2 N–H and O–H groups in total. The van der Waals surface area contributed by atoms with E-state index in [0.717, 1.165) is 0 Å². The number of nitriles is 1. The Morgan fingerprint density at radius 3 is 2.40 bits per heavy atom. The highest BCUT2D eigenvalue weighted by atomic mass is 16.6. The number of hydrogen-bond acceptors (Lipinski definition) is 7. The number of ether oxygens (including phenoxy) is 2. The van der Waals surface area contributed by atoms with Gasteiger partial charge in [0.25, 0.3) is 0 Å². The molecule has 3 heterocycles. The molecule has 4 rings (SSSR count). The minimum Gasteiger partial charge on any atom is -0.494 e. The van der Waals surface area contributed by atoms with Gasteiger partial charge in [-0.3, -0.25) is 0 Å². The topological polar surface area (TPSA) is 132 Å². The molecule has 43 heavy (non-hydrogen) atoms. The zero-order chi connectivity index (χ0) is 31.7. The van der Waals surface area contributed by atoms with Gasteiger partial charge in [-0.15, -0.1) is 0 Å². The molecule has 1 unspecified atom stereocenters. The van der Waals surface area contributed by atoms with Crippen LogP contribution in [0, 0.1) is 23.7 Å². The Morgan fingerprint density at radius 2 is 1.84 bits per heavy atom. The predicted molar refractivity (Wildman–Crippen MR) is 165 cm³/mol. The zero-order valence-electron chi connectivity index (χ0n) is 26.3. The molecule has 230 valence electrons. The third kappa shape index (κ3) is 6.48. The number of aromatic nitrogens is 2. The van der Waals surface area contributed by atoms with Crippen molar-refractivity contribution in [1.29, 1.82) is 5.26 Å². The molecule has 0 radical (unpaired) electrons. The lowest BCUT2D eigenvalue weighted by molar-refractivity contribution is 0.0518. The summed E-state index contributed by atoms with van der Waals surface area (Å²) in [6, 6.07) is 10.5. The molecule has 3 aromatic rings. The van der Waals surface area contributed by atoms with E-state index in [1.165, 1.54) is 9.80 Å². The molecule has 11 nitrogen and oxygen atoms in total. The second-order valence-electron chi connectivity index (χ2n) is 12.9. The Kier molecular flexibility index (Phi) is 8.81. The molecule has 0 bridgehead atoms. The maximum atomic E-state index is 13.9. The van der Waals surface area contributed by atoms with E-state index < -0.39 is 17.8 Å². The molecule has 1 aromatic carbocycles. The first-order valence-corrected chi connectivity index (χ1v) is 14.6. The number of carbonyl (C=O) groups excluding carboxylic acids is 1. The van der Waals surface area contributed by atoms with E-state index in [1.54, 1.807) is 61.8 Å². The Hall–Kier alpha value is -4.46. The van der Waals surface area contributed by atoms with Crippen LogP contribution in [0.25, 0.3) is 5.52 Å². The van der Waals surface area contributed by atoms with Crippen molar-refractivity contribution in [3.05, 3.63) is 47.7 Å². The second kappa shape index (κ2) is 12.0. The number of hydrogen-bond donors (Lipinski definition) is 2. The number of anilines is 3. The predicted octanol–water partition coefficient (Wildman–Crippen LogP) is 6.96. The van der Waals surface area contributed by atoms with E-state index in [0.29, 0.717) is 65.6 Å². The summed E-state index contributed by atoms with van der Waals surface area (Å²) in [6.07, 6.45) is 1.38. The molecule has 11 heteroatoms. The molecule has 1 aliphatic rings. The van der Waals surface area contributed by atoms with Gasteiger partial charge in [-0.1, -0.05) is 20.8 Å². The van der Waals surface area contributed by atoms with E-state index in [9.17, 15) is 20.0 Å². The molecular weight excluding hydrogens is 548 g/mol. The average molecular weight is 591 g/mol. The van der Waals surface area contributed by atoms with Crippen LogP contribution < -0.4 is 15.0 Å². The smallest absolute Gasteiger partial charge is 0.420 e. The monoisotopic (exact) mass is 590 g/mol. The summed E-state index contributed by atoms with van der Waals surface area (Å²) in [6.45, 7) is 16.1. The van der Waals surface area contributed by atoms with Crippen molar-refractivity contribution >= 4 is 34.9 Å². The highest BCUT2D eigenvalue weighted by Gasteiger charge is 2.42. The summed E-state index contributed by atoms with van der Waals surface area (Å²) in [5, 5.41) is 28.5. The highest BCUT2D eigenvalue weighted by molar-refractivity contribution is 5.98. The van der Waals surface area contributed by atoms with Gasteiger partial charge in [0.15, 0.2) is 0 Å². The van der Waals surface area contributed by atoms with Crippen LogP contribution in [0.15, 0.2) is 36.5 Å². The summed E-state index contributed by atoms with van der Waals surface area (Å²) in [5.41, 5.74) is 1.33. The largest absolute Gasteiger partial charge is 0.494 e. The van der Waals surface area contributed by atoms with Gasteiger partial charge in [0.05, 0.1) is 35.7 Å². The van der Waals surface area contributed by atoms with Crippen LogP contribution >= 0.6 is 0 Å². The highest BCUT2D eigenvalue weighted by Crippen LogP contribution is 2.40. The molecule has 2 amide bonds. The molecular formula is C32H42N6O5. The summed E-state index contributed by atoms with van der Waals surface area (Å²) >= 11 is 0. The SMILES string of the molecule is CCOc1ccc(N(C(=O)OC(C)(C)C)c2c(C)c(N[C@H]3CCCN(C(=O)O)C3C(C)(C)C)c(C#N)c3ccnn23)cc1. The van der Waals surface area contributed by atoms with Crippen molar-refractivity contribution in [1.82, 2.24) is 14.5 Å². The maximum Gasteiger partial charge on any atom is 0.420 e. The van der Waals surface area contributed by atoms with Crippen molar-refractivity contribution in [3.8, 4) is 11.8 Å². The maximum absolute atomic E-state index is 13.9. The van der Waals surface area contributed by atoms with Crippen LogP contribution in [0.5, 0.6) is 5.75 Å². The first kappa shape index (κ1) is 31.5. The van der Waals surface area contributed by atoms with Gasteiger partial charge in [0, 0.05) is 18.2 Å². The van der Waals surface area contributed by atoms with Crippen molar-refractivity contribution in [2.75, 3.05) is 23.4 Å². The Labute approximate surface area is 253 Å². The van der Waals surface area contributed by atoms with Crippen LogP contribution in [0.4, 0.5) is 26.8 Å². The Morgan fingerprint density at radius 1 is 1.16 bits per heavy atom. The number of rotatable bonds is 6. The Bertz CT molecular complexity index is 1530. The molecule has 1 aliphatic heterocycles. The van der Waals surface area contributed by atoms with Gasteiger partial charge in [-0.2, -0.15) is 10.4 Å². The normalized spacial score (nSPS) is 17.3. The summed E-state index contributed by atoms with van der Waals surface area (Å²) in [5.74, 6) is 1.06. The number of nitrogens with zero attached hydrogens (tertiary/aromatic N) is 5. The summed E-state index contributed by atoms with van der Waals surface area (Å²) in [7, 11) is 0. The van der Waals surface area contributed by atoms with Gasteiger partial charge in [-0.05, 0) is 83.2 Å². The van der Waals surface area contributed by atoms with Gasteiger partial charge in [0.1, 0.15) is 28.8 Å². The van der Waals surface area contributed by atoms with E-state index in [1.807, 2.05) is 34.6 Å². The number of piperidine rings is 1. The lowest BCUT2D eigenvalue weighted by Gasteiger charge is -2.47. The van der Waals surface area contributed by atoms with Crippen molar-refractivity contribution in [3.63, 3.8) is 0 Å². The first-order valence-electron chi connectivity index (χ1n) is 14.6. The van der Waals surface area contributed by atoms with Gasteiger partial charge in [-0.25, -0.2) is 19.0 Å². The fourth-order valence-electron chi connectivity index (χ4n) is 5.90. The van der Waals surface area contributed by atoms with E-state index in [4.69, 9.17) is 9.47 Å². The number of carboxylic acid groups (broad SMARTS) is 1. The molecule has 1 fully saturated rings. The third-order valence-electron chi connectivity index (χ3n) is 7.46. The fourth-order valence-corrected chi connectivity index (χ4v) is 5.90. The lowest BCUT2D eigenvalue weighted by Crippen LogP contribution is -2.58. The number of amides is 2. The Balaban J connectivity index is 1.94. The fraction of sp³-hybridized carbons (Fsp3) is 0.500. The molecule has 0 aliphatic carbocycles. The average Bonchev–Trinajstić information content (AvgIpc) is 3.39. The van der Waals surface area contributed by atoms with E-state index in [-0.39, 0.29) is 17.5 Å². The molecule has 1 saturated heterocycles. The van der Waals surface area contributed by atoms with E-state index in [2.05, 4.69) is 16.5 Å². The molecule has 2 atom stereocenters. The molecule has 0 saturated carbocycles. The number of fused-ring (bicyclic) bond motifs is 1.